The summed E-state index contributed by atoms with van der Waals surface area (Å²) in [6, 6.07) is 15.4. The van der Waals surface area contributed by atoms with Crippen molar-refractivity contribution >= 4 is 40.7 Å². The second-order valence-corrected chi connectivity index (χ2v) is 6.91. The third kappa shape index (κ3) is 4.48. The monoisotopic (exact) mass is 391 g/mol. The maximum absolute atomic E-state index is 10.7. The first kappa shape index (κ1) is 17.7. The van der Waals surface area contributed by atoms with E-state index < -0.39 is 4.92 Å². The van der Waals surface area contributed by atoms with Gasteiger partial charge in [-0.2, -0.15) is 0 Å². The van der Waals surface area contributed by atoms with Crippen LogP contribution in [0.4, 0.5) is 5.69 Å². The summed E-state index contributed by atoms with van der Waals surface area (Å²) in [5.74, 6) is 0.697. The van der Waals surface area contributed by atoms with Crippen molar-refractivity contribution in [3.63, 3.8) is 0 Å². The molecule has 0 fully saturated rings. The van der Waals surface area contributed by atoms with Crippen molar-refractivity contribution in [3.8, 4) is 11.3 Å². The van der Waals surface area contributed by atoms with E-state index in [1.165, 1.54) is 23.9 Å². The van der Waals surface area contributed by atoms with E-state index in [1.807, 2.05) is 24.3 Å². The van der Waals surface area contributed by atoms with Crippen molar-refractivity contribution in [1.29, 1.82) is 0 Å². The fourth-order valence-electron chi connectivity index (χ4n) is 2.09. The fraction of sp³-hybridized carbons (Fsp3) is 0.0588. The van der Waals surface area contributed by atoms with Gasteiger partial charge < -0.3 is 0 Å². The molecule has 2 aromatic carbocycles. The average molecular weight is 392 g/mol. The van der Waals surface area contributed by atoms with Crippen molar-refractivity contribution < 1.29 is 4.92 Å². The summed E-state index contributed by atoms with van der Waals surface area (Å²) in [4.78, 5) is 10.2. The number of nitro groups is 1. The van der Waals surface area contributed by atoms with Crippen molar-refractivity contribution in [1.82, 2.24) is 10.2 Å². The summed E-state index contributed by atoms with van der Waals surface area (Å²) < 4.78 is 0. The van der Waals surface area contributed by atoms with Crippen molar-refractivity contribution in [3.05, 3.63) is 80.3 Å². The van der Waals surface area contributed by atoms with Gasteiger partial charge in [0.15, 0.2) is 0 Å². The molecule has 8 heteroatoms. The van der Waals surface area contributed by atoms with Crippen LogP contribution in [0.3, 0.4) is 0 Å². The molecule has 0 aliphatic carbocycles. The molecule has 0 aliphatic rings. The molecule has 1 aromatic heterocycles. The molecule has 0 aliphatic heterocycles. The van der Waals surface area contributed by atoms with E-state index in [0.717, 1.165) is 16.2 Å². The molecule has 0 saturated carbocycles. The Kier molecular flexibility index (Phi) is 5.53. The smallest absolute Gasteiger partial charge is 0.258 e. The molecule has 0 saturated heterocycles. The van der Waals surface area contributed by atoms with Gasteiger partial charge in [0, 0.05) is 23.4 Å². The Balaban J connectivity index is 1.67. The third-order valence-corrected chi connectivity index (χ3v) is 5.11. The van der Waals surface area contributed by atoms with E-state index in [0.29, 0.717) is 21.5 Å². The Morgan fingerprint density at radius 3 is 2.32 bits per heavy atom. The van der Waals surface area contributed by atoms with E-state index in [4.69, 9.17) is 23.2 Å². The van der Waals surface area contributed by atoms with E-state index in [2.05, 4.69) is 10.2 Å². The Bertz CT molecular complexity index is 903. The van der Waals surface area contributed by atoms with Crippen molar-refractivity contribution in [2.45, 2.75) is 10.8 Å². The highest BCUT2D eigenvalue weighted by atomic mass is 35.5. The molecule has 25 heavy (non-hydrogen) atoms. The highest BCUT2D eigenvalue weighted by Crippen LogP contribution is 2.27. The van der Waals surface area contributed by atoms with Gasteiger partial charge in [-0.15, -0.1) is 10.2 Å². The van der Waals surface area contributed by atoms with Gasteiger partial charge in [-0.05, 0) is 42.0 Å². The van der Waals surface area contributed by atoms with Gasteiger partial charge in [-0.25, -0.2) is 0 Å². The Labute approximate surface area is 158 Å². The Morgan fingerprint density at radius 1 is 0.960 bits per heavy atom. The number of non-ortho nitro benzene ring substituents is 1. The minimum atomic E-state index is -0.432. The zero-order valence-corrected chi connectivity index (χ0v) is 15.1. The van der Waals surface area contributed by atoms with Crippen LogP contribution in [-0.4, -0.2) is 15.1 Å². The van der Waals surface area contributed by atoms with Gasteiger partial charge in [-0.1, -0.05) is 41.0 Å². The van der Waals surface area contributed by atoms with Gasteiger partial charge in [0.2, 0.25) is 0 Å². The van der Waals surface area contributed by atoms with Gasteiger partial charge in [-0.3, -0.25) is 10.1 Å². The minimum absolute atomic E-state index is 0.0468. The van der Waals surface area contributed by atoms with Gasteiger partial charge >= 0.3 is 0 Å². The van der Waals surface area contributed by atoms with E-state index >= 15 is 0 Å². The topological polar surface area (TPSA) is 68.9 Å². The summed E-state index contributed by atoms with van der Waals surface area (Å²) in [7, 11) is 0. The van der Waals surface area contributed by atoms with Crippen LogP contribution in [0.5, 0.6) is 0 Å². The number of rotatable bonds is 5. The third-order valence-electron chi connectivity index (χ3n) is 3.38. The maximum Gasteiger partial charge on any atom is 0.269 e. The molecule has 0 amide bonds. The number of aromatic nitrogens is 2. The first-order valence-corrected chi connectivity index (χ1v) is 8.92. The molecule has 3 rings (SSSR count). The van der Waals surface area contributed by atoms with Crippen LogP contribution >= 0.6 is 35.0 Å². The predicted octanol–water partition coefficient (Wildman–Crippen LogP) is 5.65. The van der Waals surface area contributed by atoms with Crippen LogP contribution < -0.4 is 0 Å². The van der Waals surface area contributed by atoms with Crippen LogP contribution in [0.2, 0.25) is 10.0 Å². The number of benzene rings is 2. The molecule has 126 valence electrons. The lowest BCUT2D eigenvalue weighted by Crippen LogP contribution is -1.91. The van der Waals surface area contributed by atoms with E-state index in [1.54, 1.807) is 18.2 Å². The Morgan fingerprint density at radius 2 is 1.72 bits per heavy atom. The second kappa shape index (κ2) is 7.82. The van der Waals surface area contributed by atoms with Crippen molar-refractivity contribution in [2.24, 2.45) is 0 Å². The zero-order chi connectivity index (χ0) is 17.8. The minimum Gasteiger partial charge on any atom is -0.258 e. The number of hydrogen-bond donors (Lipinski definition) is 0. The van der Waals surface area contributed by atoms with Crippen LogP contribution in [-0.2, 0) is 5.75 Å². The lowest BCUT2D eigenvalue weighted by atomic mass is 10.1. The largest absolute Gasteiger partial charge is 0.269 e. The van der Waals surface area contributed by atoms with Gasteiger partial charge in [0.1, 0.15) is 5.03 Å². The average Bonchev–Trinajstić information content (AvgIpc) is 2.63. The first-order chi connectivity index (χ1) is 12.0. The highest BCUT2D eigenvalue weighted by molar-refractivity contribution is 7.98. The van der Waals surface area contributed by atoms with Crippen molar-refractivity contribution in [2.75, 3.05) is 0 Å². The summed E-state index contributed by atoms with van der Waals surface area (Å²) in [6.45, 7) is 0. The molecule has 1 heterocycles. The zero-order valence-electron chi connectivity index (χ0n) is 12.7. The number of nitro benzene ring substituents is 1. The molecule has 0 bridgehead atoms. The van der Waals surface area contributed by atoms with Crippen LogP contribution in [0.15, 0.2) is 59.6 Å². The fourth-order valence-corrected chi connectivity index (χ4v) is 3.17. The standard InChI is InChI=1S/C17H11Cl2N3O2S/c18-14-6-1-11(9-15(14)19)10-25-17-8-7-16(20-21-17)12-2-4-13(5-3-12)22(23)24/h1-9H,10H2. The quantitative estimate of drug-likeness (QED) is 0.319. The molecule has 0 N–H and O–H groups in total. The van der Waals surface area contributed by atoms with E-state index in [9.17, 15) is 10.1 Å². The lowest BCUT2D eigenvalue weighted by Gasteiger charge is -2.04. The van der Waals surface area contributed by atoms with Gasteiger partial charge in [0.25, 0.3) is 5.69 Å². The van der Waals surface area contributed by atoms with E-state index in [-0.39, 0.29) is 5.69 Å². The molecule has 0 unspecified atom stereocenters. The molecule has 3 aromatic rings. The number of nitrogens with zero attached hydrogens (tertiary/aromatic N) is 3. The summed E-state index contributed by atoms with van der Waals surface area (Å²) in [5.41, 5.74) is 2.53. The summed E-state index contributed by atoms with van der Waals surface area (Å²) in [5, 5.41) is 20.9. The SMILES string of the molecule is O=[N+]([O-])c1ccc(-c2ccc(SCc3ccc(Cl)c(Cl)c3)nn2)cc1. The molecule has 0 atom stereocenters. The van der Waals surface area contributed by atoms with Gasteiger partial charge in [0.05, 0.1) is 20.7 Å². The second-order valence-electron chi connectivity index (χ2n) is 5.10. The Hall–Kier alpha value is -2.15. The molecule has 0 spiro atoms. The van der Waals surface area contributed by atoms with Crippen LogP contribution in [0.25, 0.3) is 11.3 Å². The summed E-state index contributed by atoms with van der Waals surface area (Å²) >= 11 is 13.4. The number of halogens is 2. The molecule has 5 nitrogen and oxygen atoms in total. The lowest BCUT2D eigenvalue weighted by molar-refractivity contribution is -0.384. The number of hydrogen-bond acceptors (Lipinski definition) is 5. The van der Waals surface area contributed by atoms with Crippen LogP contribution in [0, 0.1) is 10.1 Å². The van der Waals surface area contributed by atoms with Crippen LogP contribution in [0.1, 0.15) is 5.56 Å². The highest BCUT2D eigenvalue weighted by Gasteiger charge is 2.07. The molecule has 0 radical (unpaired) electrons. The molecular formula is C17H11Cl2N3O2S. The number of thioether (sulfide) groups is 1. The first-order valence-electron chi connectivity index (χ1n) is 7.18. The predicted molar refractivity (Wildman–Crippen MR) is 100 cm³/mol. The summed E-state index contributed by atoms with van der Waals surface area (Å²) in [6.07, 6.45) is 0. The normalized spacial score (nSPS) is 10.6. The maximum atomic E-state index is 10.7. The molecular weight excluding hydrogens is 381 g/mol.